The number of rotatable bonds is 7. The normalized spacial score (nSPS) is 19.1. The largest absolute Gasteiger partial charge is 0.497 e. The standard InChI is InChI=1S/C31H35N3O3/c1-3-26-27-18-19-33(20-22-10-6-4-7-11-22)28(27)29(30(35)32-24-12-8-5-9-13-24)34(31(26)36)21-23-14-16-25(37-2)17-15-23/h3-4,6-7,10-11,14-19,24,29H,5,8-9,12-13,20-21H2,1-2H3,(H,32,35)/b26-3+. The number of fused-ring (bicyclic) bond motifs is 1. The van der Waals surface area contributed by atoms with Crippen molar-refractivity contribution in [2.75, 3.05) is 7.11 Å². The third-order valence-corrected chi connectivity index (χ3v) is 7.55. The molecule has 2 aliphatic rings. The minimum Gasteiger partial charge on any atom is -0.497 e. The highest BCUT2D eigenvalue weighted by Crippen LogP contribution is 2.39. The predicted molar refractivity (Wildman–Crippen MR) is 145 cm³/mol. The molecule has 1 aliphatic heterocycles. The molecule has 1 unspecified atom stereocenters. The van der Waals surface area contributed by atoms with Gasteiger partial charge in [-0.3, -0.25) is 9.59 Å². The molecule has 0 saturated heterocycles. The van der Waals surface area contributed by atoms with Crippen LogP contribution in [0.1, 0.15) is 67.5 Å². The quantitative estimate of drug-likeness (QED) is 0.440. The van der Waals surface area contributed by atoms with Gasteiger partial charge in [0.15, 0.2) is 6.04 Å². The first-order valence-electron chi connectivity index (χ1n) is 13.2. The Morgan fingerprint density at radius 1 is 0.973 bits per heavy atom. The minimum absolute atomic E-state index is 0.0989. The van der Waals surface area contributed by atoms with Crippen molar-refractivity contribution in [1.29, 1.82) is 0 Å². The molecule has 1 aromatic heterocycles. The number of carbonyl (C=O) groups is 2. The molecule has 0 spiro atoms. The number of hydrogen-bond acceptors (Lipinski definition) is 3. The van der Waals surface area contributed by atoms with E-state index in [-0.39, 0.29) is 17.9 Å². The molecule has 1 N–H and O–H groups in total. The molecular formula is C31H35N3O3. The van der Waals surface area contributed by atoms with Crippen LogP contribution in [0.4, 0.5) is 0 Å². The first-order chi connectivity index (χ1) is 18.1. The van der Waals surface area contributed by atoms with E-state index in [1.54, 1.807) is 12.0 Å². The summed E-state index contributed by atoms with van der Waals surface area (Å²) < 4.78 is 7.44. The number of carbonyl (C=O) groups excluding carboxylic acids is 2. The Hall–Kier alpha value is -3.80. The van der Waals surface area contributed by atoms with E-state index < -0.39 is 6.04 Å². The van der Waals surface area contributed by atoms with Crippen molar-refractivity contribution in [2.24, 2.45) is 0 Å². The SMILES string of the molecule is C/C=C1/C(=O)N(Cc2ccc(OC)cc2)C(C(=O)NC2CCCCC2)c2c1ccn2Cc1ccccc1. The number of nitrogens with one attached hydrogen (secondary N) is 1. The van der Waals surface area contributed by atoms with Crippen LogP contribution in [-0.2, 0) is 22.7 Å². The van der Waals surface area contributed by atoms with Crippen LogP contribution in [0.15, 0.2) is 72.9 Å². The van der Waals surface area contributed by atoms with Crippen molar-refractivity contribution in [3.05, 3.63) is 95.3 Å². The summed E-state index contributed by atoms with van der Waals surface area (Å²) in [4.78, 5) is 29.6. The molecule has 0 radical (unpaired) electrons. The number of allylic oxidation sites excluding steroid dienone is 1. The van der Waals surface area contributed by atoms with E-state index in [1.807, 2.05) is 67.7 Å². The number of aromatic nitrogens is 1. The Bertz CT molecular complexity index is 1270. The summed E-state index contributed by atoms with van der Waals surface area (Å²) in [5, 5.41) is 3.31. The maximum absolute atomic E-state index is 14.0. The highest BCUT2D eigenvalue weighted by atomic mass is 16.5. The highest BCUT2D eigenvalue weighted by molar-refractivity contribution is 6.22. The van der Waals surface area contributed by atoms with E-state index in [0.29, 0.717) is 18.7 Å². The van der Waals surface area contributed by atoms with Crippen LogP contribution in [0.2, 0.25) is 0 Å². The minimum atomic E-state index is -0.714. The van der Waals surface area contributed by atoms with Gasteiger partial charge in [0.1, 0.15) is 5.75 Å². The molecule has 37 heavy (non-hydrogen) atoms. The number of methoxy groups -OCH3 is 1. The molecule has 1 saturated carbocycles. The van der Waals surface area contributed by atoms with E-state index in [1.165, 1.54) is 6.42 Å². The summed E-state index contributed by atoms with van der Waals surface area (Å²) in [6.45, 7) is 2.85. The third-order valence-electron chi connectivity index (χ3n) is 7.55. The van der Waals surface area contributed by atoms with Crippen molar-refractivity contribution in [3.8, 4) is 5.75 Å². The van der Waals surface area contributed by atoms with Gasteiger partial charge in [0.25, 0.3) is 5.91 Å². The molecule has 0 bridgehead atoms. The summed E-state index contributed by atoms with van der Waals surface area (Å²) >= 11 is 0. The number of ether oxygens (including phenoxy) is 1. The Balaban J connectivity index is 1.56. The number of benzene rings is 2. The lowest BCUT2D eigenvalue weighted by atomic mass is 9.91. The zero-order chi connectivity index (χ0) is 25.8. The van der Waals surface area contributed by atoms with Gasteiger partial charge in [-0.2, -0.15) is 0 Å². The lowest BCUT2D eigenvalue weighted by molar-refractivity contribution is -0.138. The molecule has 6 heteroatoms. The zero-order valence-corrected chi connectivity index (χ0v) is 21.7. The van der Waals surface area contributed by atoms with E-state index >= 15 is 0 Å². The van der Waals surface area contributed by atoms with E-state index in [9.17, 15) is 9.59 Å². The molecule has 1 aliphatic carbocycles. The smallest absolute Gasteiger partial charge is 0.255 e. The fourth-order valence-electron chi connectivity index (χ4n) is 5.63. The van der Waals surface area contributed by atoms with Gasteiger partial charge in [0.05, 0.1) is 12.8 Å². The van der Waals surface area contributed by atoms with Crippen molar-refractivity contribution in [1.82, 2.24) is 14.8 Å². The summed E-state index contributed by atoms with van der Waals surface area (Å²) in [7, 11) is 1.63. The molecule has 2 amide bonds. The fourth-order valence-corrected chi connectivity index (χ4v) is 5.63. The van der Waals surface area contributed by atoms with Gasteiger partial charge in [-0.05, 0) is 49.1 Å². The van der Waals surface area contributed by atoms with Crippen LogP contribution in [0.25, 0.3) is 5.57 Å². The first-order valence-corrected chi connectivity index (χ1v) is 13.2. The molecule has 1 fully saturated rings. The molecule has 3 aromatic rings. The van der Waals surface area contributed by atoms with Crippen LogP contribution in [0.3, 0.4) is 0 Å². The molecule has 1 atom stereocenters. The number of hydrogen-bond donors (Lipinski definition) is 1. The Morgan fingerprint density at radius 2 is 1.68 bits per heavy atom. The second-order valence-corrected chi connectivity index (χ2v) is 9.96. The Kier molecular flexibility index (Phi) is 7.45. The highest BCUT2D eigenvalue weighted by Gasteiger charge is 2.42. The van der Waals surface area contributed by atoms with Gasteiger partial charge in [-0.1, -0.05) is 67.8 Å². The lowest BCUT2D eigenvalue weighted by Crippen LogP contribution is -2.49. The van der Waals surface area contributed by atoms with Crippen molar-refractivity contribution in [3.63, 3.8) is 0 Å². The van der Waals surface area contributed by atoms with Crippen molar-refractivity contribution in [2.45, 2.75) is 64.2 Å². The zero-order valence-electron chi connectivity index (χ0n) is 21.7. The van der Waals surface area contributed by atoms with Crippen LogP contribution in [0, 0.1) is 0 Å². The molecule has 6 nitrogen and oxygen atoms in total. The van der Waals surface area contributed by atoms with E-state index in [4.69, 9.17) is 4.74 Å². The summed E-state index contributed by atoms with van der Waals surface area (Å²) in [6, 6.07) is 19.3. The molecular weight excluding hydrogens is 462 g/mol. The van der Waals surface area contributed by atoms with Crippen molar-refractivity contribution < 1.29 is 14.3 Å². The Labute approximate surface area is 218 Å². The van der Waals surface area contributed by atoms with Gasteiger partial charge in [-0.15, -0.1) is 0 Å². The van der Waals surface area contributed by atoms with Gasteiger partial charge in [-0.25, -0.2) is 0 Å². The third kappa shape index (κ3) is 5.19. The maximum Gasteiger partial charge on any atom is 0.255 e. The monoisotopic (exact) mass is 497 g/mol. The molecule has 2 heterocycles. The van der Waals surface area contributed by atoms with Crippen LogP contribution in [-0.4, -0.2) is 34.4 Å². The second kappa shape index (κ2) is 11.1. The number of nitrogens with zero attached hydrogens (tertiary/aromatic N) is 2. The van der Waals surface area contributed by atoms with Crippen molar-refractivity contribution >= 4 is 17.4 Å². The first kappa shape index (κ1) is 24.9. The van der Waals surface area contributed by atoms with Gasteiger partial charge < -0.3 is 19.5 Å². The molecule has 2 aromatic carbocycles. The van der Waals surface area contributed by atoms with Gasteiger partial charge in [0, 0.05) is 36.5 Å². The lowest BCUT2D eigenvalue weighted by Gasteiger charge is -2.38. The topological polar surface area (TPSA) is 63.6 Å². The van der Waals surface area contributed by atoms with Crippen LogP contribution in [0.5, 0.6) is 5.75 Å². The van der Waals surface area contributed by atoms with E-state index in [0.717, 1.165) is 53.8 Å². The van der Waals surface area contributed by atoms with Crippen LogP contribution >= 0.6 is 0 Å². The summed E-state index contributed by atoms with van der Waals surface area (Å²) in [5.41, 5.74) is 4.45. The Morgan fingerprint density at radius 3 is 2.35 bits per heavy atom. The summed E-state index contributed by atoms with van der Waals surface area (Å²) in [5.74, 6) is 0.540. The average Bonchev–Trinajstić information content (AvgIpc) is 3.33. The second-order valence-electron chi connectivity index (χ2n) is 9.96. The molecule has 5 rings (SSSR count). The van der Waals surface area contributed by atoms with Gasteiger partial charge in [0.2, 0.25) is 5.91 Å². The average molecular weight is 498 g/mol. The fraction of sp³-hybridized carbons (Fsp3) is 0.355. The summed E-state index contributed by atoms with van der Waals surface area (Å²) in [6.07, 6.45) is 9.32. The van der Waals surface area contributed by atoms with E-state index in [2.05, 4.69) is 22.0 Å². The van der Waals surface area contributed by atoms with Gasteiger partial charge >= 0.3 is 0 Å². The molecule has 192 valence electrons. The maximum atomic E-state index is 14.0. The number of amides is 2. The van der Waals surface area contributed by atoms with Crippen LogP contribution < -0.4 is 10.1 Å². The predicted octanol–water partition coefficient (Wildman–Crippen LogP) is 5.48.